The summed E-state index contributed by atoms with van der Waals surface area (Å²) >= 11 is 0. The lowest BCUT2D eigenvalue weighted by Gasteiger charge is -2.39. The van der Waals surface area contributed by atoms with E-state index in [2.05, 4.69) is 33.9 Å². The minimum Gasteiger partial charge on any atom is -0.381 e. The van der Waals surface area contributed by atoms with Crippen LogP contribution in [0.2, 0.25) is 0 Å². The summed E-state index contributed by atoms with van der Waals surface area (Å²) in [5.41, 5.74) is 5.60. The molecule has 0 spiro atoms. The molecular formula is C26H33N5O3. The number of aromatic nitrogens is 4. The van der Waals surface area contributed by atoms with E-state index >= 15 is 0 Å². The molecule has 3 aromatic heterocycles. The molecule has 1 aliphatic heterocycles. The van der Waals surface area contributed by atoms with Crippen LogP contribution in [-0.2, 0) is 9.47 Å². The number of anilines is 1. The Morgan fingerprint density at radius 1 is 1.15 bits per heavy atom. The van der Waals surface area contributed by atoms with Crippen molar-refractivity contribution >= 4 is 11.3 Å². The third-order valence-electron chi connectivity index (χ3n) is 7.81. The highest BCUT2D eigenvalue weighted by atomic mass is 16.5. The Morgan fingerprint density at radius 3 is 2.68 bits per heavy atom. The van der Waals surface area contributed by atoms with E-state index in [1.807, 2.05) is 26.2 Å². The monoisotopic (exact) mass is 463 g/mol. The van der Waals surface area contributed by atoms with E-state index in [4.69, 9.17) is 14.5 Å². The number of morpholine rings is 1. The van der Waals surface area contributed by atoms with Crippen LogP contribution in [0.4, 0.5) is 5.69 Å². The largest absolute Gasteiger partial charge is 0.381 e. The number of pyridine rings is 1. The van der Waals surface area contributed by atoms with Crippen molar-refractivity contribution < 1.29 is 9.47 Å². The van der Waals surface area contributed by atoms with Gasteiger partial charge in [0.1, 0.15) is 11.8 Å². The van der Waals surface area contributed by atoms with E-state index in [1.165, 1.54) is 12.8 Å². The van der Waals surface area contributed by atoms with Crippen LogP contribution in [0, 0.1) is 13.8 Å². The molecule has 0 N–H and O–H groups in total. The molecule has 0 aromatic carbocycles. The zero-order valence-electron chi connectivity index (χ0n) is 20.4. The minimum atomic E-state index is -0.0495. The maximum Gasteiger partial charge on any atom is 0.261 e. The van der Waals surface area contributed by atoms with Gasteiger partial charge in [-0.3, -0.25) is 13.9 Å². The second-order valence-electron chi connectivity index (χ2n) is 10.3. The molecule has 0 amide bonds. The molecule has 0 bridgehead atoms. The second kappa shape index (κ2) is 8.20. The van der Waals surface area contributed by atoms with Gasteiger partial charge < -0.3 is 14.4 Å². The standard InChI is InChI=1S/C26H33N5O3/c1-15-11-29(14-24(34-15)19-10-27-31(12-19)20-5-6-20)21-9-23(18-7-22(8-18)33-4)25-28-17(3)16(2)26(32)30(25)13-21/h9-10,12-13,15,18,20,22,24H,5-8,11,14H2,1-4H3. The minimum absolute atomic E-state index is 0.0109. The average molecular weight is 464 g/mol. The predicted octanol–water partition coefficient (Wildman–Crippen LogP) is 3.70. The van der Waals surface area contributed by atoms with E-state index in [9.17, 15) is 4.79 Å². The molecule has 3 aliphatic rings. The van der Waals surface area contributed by atoms with Crippen LogP contribution >= 0.6 is 0 Å². The molecule has 2 unspecified atom stereocenters. The van der Waals surface area contributed by atoms with Crippen molar-refractivity contribution in [1.82, 2.24) is 19.2 Å². The number of rotatable bonds is 5. The van der Waals surface area contributed by atoms with Crippen LogP contribution < -0.4 is 10.5 Å². The summed E-state index contributed by atoms with van der Waals surface area (Å²) in [5.74, 6) is 0.347. The van der Waals surface area contributed by atoms with Gasteiger partial charge in [-0.15, -0.1) is 0 Å². The Morgan fingerprint density at radius 2 is 1.94 bits per heavy atom. The molecule has 8 nitrogen and oxygen atoms in total. The van der Waals surface area contributed by atoms with E-state index in [-0.39, 0.29) is 23.9 Å². The predicted molar refractivity (Wildman–Crippen MR) is 130 cm³/mol. The lowest BCUT2D eigenvalue weighted by Crippen LogP contribution is -2.43. The zero-order chi connectivity index (χ0) is 23.6. The highest BCUT2D eigenvalue weighted by Crippen LogP contribution is 2.41. The molecule has 3 aromatic rings. The first kappa shape index (κ1) is 21.8. The first-order valence-electron chi connectivity index (χ1n) is 12.4. The number of hydrogen-bond donors (Lipinski definition) is 0. The number of fused-ring (bicyclic) bond motifs is 1. The van der Waals surface area contributed by atoms with Crippen LogP contribution in [0.5, 0.6) is 0 Å². The van der Waals surface area contributed by atoms with Gasteiger partial charge in [0.05, 0.1) is 30.1 Å². The lowest BCUT2D eigenvalue weighted by atomic mass is 9.77. The maximum absolute atomic E-state index is 13.3. The Bertz CT molecular complexity index is 1290. The highest BCUT2D eigenvalue weighted by Gasteiger charge is 2.34. The summed E-state index contributed by atoms with van der Waals surface area (Å²) in [5, 5.41) is 4.57. The number of hydrogen-bond acceptors (Lipinski definition) is 6. The summed E-state index contributed by atoms with van der Waals surface area (Å²) in [7, 11) is 1.77. The van der Waals surface area contributed by atoms with Gasteiger partial charge in [-0.25, -0.2) is 4.98 Å². The number of ether oxygens (including phenoxy) is 2. The molecule has 8 heteroatoms. The molecular weight excluding hydrogens is 430 g/mol. The van der Waals surface area contributed by atoms with Crippen LogP contribution in [-0.4, -0.2) is 51.6 Å². The molecule has 180 valence electrons. The number of nitrogens with zero attached hydrogens (tertiary/aromatic N) is 5. The Kier molecular flexibility index (Phi) is 5.26. The Balaban J connectivity index is 1.38. The van der Waals surface area contributed by atoms with E-state index in [1.54, 1.807) is 11.5 Å². The zero-order valence-corrected chi connectivity index (χ0v) is 20.4. The van der Waals surface area contributed by atoms with Gasteiger partial charge in [-0.1, -0.05) is 0 Å². The first-order chi connectivity index (χ1) is 16.4. The summed E-state index contributed by atoms with van der Waals surface area (Å²) in [4.78, 5) is 20.5. The fourth-order valence-electron chi connectivity index (χ4n) is 5.33. The van der Waals surface area contributed by atoms with Gasteiger partial charge in [0.2, 0.25) is 0 Å². The van der Waals surface area contributed by atoms with Crippen LogP contribution in [0.25, 0.3) is 5.65 Å². The molecule has 4 heterocycles. The van der Waals surface area contributed by atoms with Gasteiger partial charge in [0.15, 0.2) is 0 Å². The van der Waals surface area contributed by atoms with E-state index in [0.717, 1.165) is 54.1 Å². The quantitative estimate of drug-likeness (QED) is 0.574. The van der Waals surface area contributed by atoms with E-state index < -0.39 is 0 Å². The van der Waals surface area contributed by atoms with Crippen molar-refractivity contribution in [2.24, 2.45) is 0 Å². The molecule has 1 saturated heterocycles. The van der Waals surface area contributed by atoms with Crippen molar-refractivity contribution in [2.75, 3.05) is 25.1 Å². The summed E-state index contributed by atoms with van der Waals surface area (Å²) in [6.45, 7) is 7.39. The van der Waals surface area contributed by atoms with Gasteiger partial charge in [0.25, 0.3) is 5.56 Å². The van der Waals surface area contributed by atoms with Crippen LogP contribution in [0.15, 0.2) is 29.5 Å². The molecule has 34 heavy (non-hydrogen) atoms. The summed E-state index contributed by atoms with van der Waals surface area (Å²) < 4.78 is 15.7. The third-order valence-corrected chi connectivity index (χ3v) is 7.81. The molecule has 6 rings (SSSR count). The van der Waals surface area contributed by atoms with Crippen molar-refractivity contribution in [2.45, 2.75) is 76.7 Å². The average Bonchev–Trinajstić information content (AvgIpc) is 3.53. The molecule has 2 aliphatic carbocycles. The number of methoxy groups -OCH3 is 1. The fourth-order valence-corrected chi connectivity index (χ4v) is 5.33. The third kappa shape index (κ3) is 3.73. The van der Waals surface area contributed by atoms with E-state index in [0.29, 0.717) is 17.5 Å². The Hall–Kier alpha value is -2.71. The van der Waals surface area contributed by atoms with Gasteiger partial charge >= 0.3 is 0 Å². The highest BCUT2D eigenvalue weighted by molar-refractivity contribution is 5.60. The van der Waals surface area contributed by atoms with Crippen molar-refractivity contribution in [1.29, 1.82) is 0 Å². The van der Waals surface area contributed by atoms with Crippen LogP contribution in [0.1, 0.15) is 73.1 Å². The summed E-state index contributed by atoms with van der Waals surface area (Å²) in [6.07, 6.45) is 10.7. The lowest BCUT2D eigenvalue weighted by molar-refractivity contribution is -0.0174. The fraction of sp³-hybridized carbons (Fsp3) is 0.577. The van der Waals surface area contributed by atoms with Crippen LogP contribution in [0.3, 0.4) is 0 Å². The van der Waals surface area contributed by atoms with Gasteiger partial charge in [0, 0.05) is 55.0 Å². The topological polar surface area (TPSA) is 73.9 Å². The van der Waals surface area contributed by atoms with Crippen molar-refractivity contribution in [3.8, 4) is 0 Å². The van der Waals surface area contributed by atoms with Crippen molar-refractivity contribution in [3.05, 3.63) is 57.4 Å². The van der Waals surface area contributed by atoms with Gasteiger partial charge in [-0.2, -0.15) is 5.10 Å². The number of aryl methyl sites for hydroxylation is 1. The molecule has 0 radical (unpaired) electrons. The second-order valence-corrected chi connectivity index (χ2v) is 10.3. The maximum atomic E-state index is 13.3. The first-order valence-corrected chi connectivity index (χ1v) is 12.4. The smallest absolute Gasteiger partial charge is 0.261 e. The van der Waals surface area contributed by atoms with Crippen molar-refractivity contribution in [3.63, 3.8) is 0 Å². The molecule has 2 atom stereocenters. The Labute approximate surface area is 199 Å². The molecule has 3 fully saturated rings. The SMILES string of the molecule is COC1CC(c2cc(N3CC(C)OC(c4cnn(C5CC5)c4)C3)cn3c(=O)c(C)c(C)nc23)C1. The van der Waals surface area contributed by atoms with Gasteiger partial charge in [-0.05, 0) is 58.4 Å². The molecule has 2 saturated carbocycles. The summed E-state index contributed by atoms with van der Waals surface area (Å²) in [6, 6.07) is 2.80. The normalized spacial score (nSPS) is 27.2.